The molecule has 1 aliphatic heterocycles. The topological polar surface area (TPSA) is 87.7 Å². The zero-order valence-electron chi connectivity index (χ0n) is 16.8. The molecular formula is C22H25N3O4. The highest BCUT2D eigenvalue weighted by Gasteiger charge is 2.23. The van der Waals surface area contributed by atoms with Crippen LogP contribution in [0.15, 0.2) is 42.5 Å². The zero-order valence-corrected chi connectivity index (χ0v) is 16.8. The maximum Gasteiger partial charge on any atom is 0.226 e. The van der Waals surface area contributed by atoms with Crippen molar-refractivity contribution in [2.45, 2.75) is 32.7 Å². The smallest absolute Gasteiger partial charge is 0.226 e. The quantitative estimate of drug-likeness (QED) is 0.787. The van der Waals surface area contributed by atoms with E-state index in [1.165, 1.54) is 6.92 Å². The van der Waals surface area contributed by atoms with Gasteiger partial charge in [-0.1, -0.05) is 12.1 Å². The molecule has 3 rings (SSSR count). The Kier molecular flexibility index (Phi) is 6.16. The number of hydrogen-bond acceptors (Lipinski definition) is 4. The molecule has 0 saturated heterocycles. The largest absolute Gasteiger partial charge is 0.497 e. The second-order valence-electron chi connectivity index (χ2n) is 7.04. The monoisotopic (exact) mass is 395 g/mol. The first-order valence-electron chi connectivity index (χ1n) is 9.49. The minimum absolute atomic E-state index is 0.0122. The molecule has 0 aromatic heterocycles. The first-order chi connectivity index (χ1) is 13.9. The van der Waals surface area contributed by atoms with Crippen molar-refractivity contribution in [1.82, 2.24) is 5.32 Å². The number of hydrogen-bond donors (Lipinski definition) is 2. The van der Waals surface area contributed by atoms with Crippen LogP contribution in [0.1, 0.15) is 37.4 Å². The van der Waals surface area contributed by atoms with E-state index in [1.54, 1.807) is 37.1 Å². The molecule has 0 radical (unpaired) electrons. The molecular weight excluding hydrogens is 370 g/mol. The fraction of sp³-hybridized carbons (Fsp3) is 0.318. The van der Waals surface area contributed by atoms with Crippen molar-refractivity contribution in [3.05, 3.63) is 53.6 Å². The van der Waals surface area contributed by atoms with E-state index < -0.39 is 6.04 Å². The maximum absolute atomic E-state index is 12.6. The van der Waals surface area contributed by atoms with Crippen molar-refractivity contribution < 1.29 is 19.1 Å². The van der Waals surface area contributed by atoms with Gasteiger partial charge in [0.05, 0.1) is 19.6 Å². The van der Waals surface area contributed by atoms with Gasteiger partial charge in [0.2, 0.25) is 17.7 Å². The Morgan fingerprint density at radius 3 is 2.45 bits per heavy atom. The molecule has 0 fully saturated rings. The standard InChI is InChI=1S/C22H25N3O4/c1-14(26)23-20(16-4-7-19(29-3)8-5-16)13-22(28)24-18-6-9-21-17(12-18)10-11-25(21)15(2)27/h4-9,12,20H,10-11,13H2,1-3H3,(H,23,26)(H,24,28)/t20-/m1/s1. The summed E-state index contributed by atoms with van der Waals surface area (Å²) < 4.78 is 5.16. The molecule has 1 aliphatic rings. The summed E-state index contributed by atoms with van der Waals surface area (Å²) in [6.07, 6.45) is 0.863. The van der Waals surface area contributed by atoms with E-state index in [9.17, 15) is 14.4 Å². The van der Waals surface area contributed by atoms with Gasteiger partial charge in [-0.2, -0.15) is 0 Å². The molecule has 7 heteroatoms. The van der Waals surface area contributed by atoms with Crippen LogP contribution in [-0.4, -0.2) is 31.4 Å². The number of anilines is 2. The van der Waals surface area contributed by atoms with Crippen molar-refractivity contribution >= 4 is 29.1 Å². The Balaban J connectivity index is 1.70. The summed E-state index contributed by atoms with van der Waals surface area (Å²) in [7, 11) is 1.58. The van der Waals surface area contributed by atoms with Crippen LogP contribution in [0.4, 0.5) is 11.4 Å². The lowest BCUT2D eigenvalue weighted by molar-refractivity contribution is -0.120. The lowest BCUT2D eigenvalue weighted by Crippen LogP contribution is -2.29. The second-order valence-corrected chi connectivity index (χ2v) is 7.04. The third kappa shape index (κ3) is 4.93. The molecule has 152 valence electrons. The van der Waals surface area contributed by atoms with Crippen molar-refractivity contribution in [1.29, 1.82) is 0 Å². The second kappa shape index (κ2) is 8.77. The molecule has 29 heavy (non-hydrogen) atoms. The first-order valence-corrected chi connectivity index (χ1v) is 9.49. The van der Waals surface area contributed by atoms with E-state index in [1.807, 2.05) is 24.3 Å². The van der Waals surface area contributed by atoms with E-state index in [0.29, 0.717) is 18.0 Å². The van der Waals surface area contributed by atoms with Crippen LogP contribution >= 0.6 is 0 Å². The molecule has 1 atom stereocenters. The number of ether oxygens (including phenoxy) is 1. The fourth-order valence-corrected chi connectivity index (χ4v) is 3.54. The van der Waals surface area contributed by atoms with Crippen LogP contribution in [0.2, 0.25) is 0 Å². The lowest BCUT2D eigenvalue weighted by atomic mass is 10.0. The molecule has 0 spiro atoms. The molecule has 0 bridgehead atoms. The van der Waals surface area contributed by atoms with Crippen molar-refractivity contribution in [3.8, 4) is 5.75 Å². The van der Waals surface area contributed by atoms with Crippen LogP contribution < -0.4 is 20.3 Å². The number of fused-ring (bicyclic) bond motifs is 1. The third-order valence-electron chi connectivity index (χ3n) is 4.92. The van der Waals surface area contributed by atoms with Crippen LogP contribution in [0.25, 0.3) is 0 Å². The number of amides is 3. The molecule has 2 N–H and O–H groups in total. The minimum Gasteiger partial charge on any atom is -0.497 e. The van der Waals surface area contributed by atoms with E-state index >= 15 is 0 Å². The van der Waals surface area contributed by atoms with E-state index in [2.05, 4.69) is 10.6 Å². The average Bonchev–Trinajstić information content (AvgIpc) is 3.10. The molecule has 7 nitrogen and oxygen atoms in total. The number of nitrogens with one attached hydrogen (secondary N) is 2. The van der Waals surface area contributed by atoms with Crippen LogP contribution in [-0.2, 0) is 20.8 Å². The highest BCUT2D eigenvalue weighted by atomic mass is 16.5. The predicted molar refractivity (Wildman–Crippen MR) is 111 cm³/mol. The predicted octanol–water partition coefficient (Wildman–Crippen LogP) is 2.81. The van der Waals surface area contributed by atoms with Gasteiger partial charge >= 0.3 is 0 Å². The van der Waals surface area contributed by atoms with Gasteiger partial charge in [0, 0.05) is 31.8 Å². The summed E-state index contributed by atoms with van der Waals surface area (Å²) >= 11 is 0. The van der Waals surface area contributed by atoms with Crippen molar-refractivity contribution in [2.24, 2.45) is 0 Å². The van der Waals surface area contributed by atoms with E-state index in [0.717, 1.165) is 23.2 Å². The van der Waals surface area contributed by atoms with E-state index in [-0.39, 0.29) is 24.1 Å². The van der Waals surface area contributed by atoms with Gasteiger partial charge < -0.3 is 20.3 Å². The van der Waals surface area contributed by atoms with Gasteiger partial charge in [-0.25, -0.2) is 0 Å². The number of carbonyl (C=O) groups excluding carboxylic acids is 3. The summed E-state index contributed by atoms with van der Waals surface area (Å²) in [6, 6.07) is 12.4. The summed E-state index contributed by atoms with van der Waals surface area (Å²) in [6.45, 7) is 3.63. The number of benzene rings is 2. The highest BCUT2D eigenvalue weighted by molar-refractivity contribution is 5.95. The number of carbonyl (C=O) groups is 3. The summed E-state index contributed by atoms with van der Waals surface area (Å²) in [5.74, 6) is 0.303. The van der Waals surface area contributed by atoms with Gasteiger partial charge in [0.15, 0.2) is 0 Å². The Bertz CT molecular complexity index is 924. The number of nitrogens with zero attached hydrogens (tertiary/aromatic N) is 1. The Hall–Kier alpha value is -3.35. The molecule has 0 saturated carbocycles. The van der Waals surface area contributed by atoms with E-state index in [4.69, 9.17) is 4.74 Å². The summed E-state index contributed by atoms with van der Waals surface area (Å²) in [5, 5.41) is 5.72. The van der Waals surface area contributed by atoms with Crippen LogP contribution in [0.3, 0.4) is 0 Å². The Morgan fingerprint density at radius 1 is 1.10 bits per heavy atom. The SMILES string of the molecule is COc1ccc([C@@H](CC(=O)Nc2ccc3c(c2)CCN3C(C)=O)NC(C)=O)cc1. The Labute approximate surface area is 170 Å². The summed E-state index contributed by atoms with van der Waals surface area (Å²) in [4.78, 5) is 37.6. The highest BCUT2D eigenvalue weighted by Crippen LogP contribution is 2.30. The maximum atomic E-state index is 12.6. The Morgan fingerprint density at radius 2 is 1.83 bits per heavy atom. The number of rotatable bonds is 6. The zero-order chi connectivity index (χ0) is 21.0. The molecule has 3 amide bonds. The third-order valence-corrected chi connectivity index (χ3v) is 4.92. The van der Waals surface area contributed by atoms with Crippen LogP contribution in [0, 0.1) is 0 Å². The van der Waals surface area contributed by atoms with Gasteiger partial charge in [0.25, 0.3) is 0 Å². The van der Waals surface area contributed by atoms with Gasteiger partial charge in [0.1, 0.15) is 5.75 Å². The molecule has 1 heterocycles. The van der Waals surface area contributed by atoms with Gasteiger partial charge in [-0.05, 0) is 47.9 Å². The fourth-order valence-electron chi connectivity index (χ4n) is 3.54. The molecule has 2 aromatic carbocycles. The normalized spacial score (nSPS) is 13.4. The summed E-state index contributed by atoms with van der Waals surface area (Å²) in [5.41, 5.74) is 3.43. The van der Waals surface area contributed by atoms with Crippen molar-refractivity contribution in [2.75, 3.05) is 23.9 Å². The average molecular weight is 395 g/mol. The lowest BCUT2D eigenvalue weighted by Gasteiger charge is -2.19. The number of methoxy groups -OCH3 is 1. The minimum atomic E-state index is -0.443. The van der Waals surface area contributed by atoms with Crippen molar-refractivity contribution in [3.63, 3.8) is 0 Å². The van der Waals surface area contributed by atoms with Gasteiger partial charge in [-0.3, -0.25) is 14.4 Å². The van der Waals surface area contributed by atoms with Crippen LogP contribution in [0.5, 0.6) is 5.75 Å². The first kappa shape index (κ1) is 20.4. The molecule has 2 aromatic rings. The van der Waals surface area contributed by atoms with Gasteiger partial charge in [-0.15, -0.1) is 0 Å². The molecule has 0 unspecified atom stereocenters. The molecule has 0 aliphatic carbocycles.